The number of aromatic carboxylic acids is 1. The number of aryl methyl sites for hydroxylation is 1. The molecule has 4 heteroatoms. The van der Waals surface area contributed by atoms with Gasteiger partial charge in [-0.2, -0.15) is 0 Å². The van der Waals surface area contributed by atoms with Crippen LogP contribution in [0.15, 0.2) is 42.6 Å². The summed E-state index contributed by atoms with van der Waals surface area (Å²) in [5.41, 5.74) is 4.19. The average Bonchev–Trinajstić information content (AvgIpc) is 2.77. The fourth-order valence-corrected chi connectivity index (χ4v) is 2.22. The summed E-state index contributed by atoms with van der Waals surface area (Å²) >= 11 is 0. The van der Waals surface area contributed by atoms with Crippen molar-refractivity contribution < 1.29 is 9.90 Å². The predicted octanol–water partition coefficient (Wildman–Crippen LogP) is 3.24. The maximum absolute atomic E-state index is 10.8. The topological polar surface area (TPSA) is 66.0 Å². The summed E-state index contributed by atoms with van der Waals surface area (Å²) in [6, 6.07) is 10.7. The molecule has 4 nitrogen and oxygen atoms in total. The van der Waals surface area contributed by atoms with Crippen LogP contribution in [0.3, 0.4) is 0 Å². The lowest BCUT2D eigenvalue weighted by Gasteiger charge is -2.01. The minimum atomic E-state index is -0.915. The van der Waals surface area contributed by atoms with E-state index in [1.165, 1.54) is 0 Å². The molecule has 0 spiro atoms. The van der Waals surface area contributed by atoms with E-state index in [2.05, 4.69) is 9.97 Å². The van der Waals surface area contributed by atoms with Crippen molar-refractivity contribution in [2.45, 2.75) is 6.92 Å². The van der Waals surface area contributed by atoms with Crippen LogP contribution < -0.4 is 0 Å². The molecule has 2 heterocycles. The normalized spacial score (nSPS) is 10.8. The van der Waals surface area contributed by atoms with Crippen LogP contribution in [0.2, 0.25) is 0 Å². The Morgan fingerprint density at radius 3 is 2.58 bits per heavy atom. The highest BCUT2D eigenvalue weighted by Gasteiger charge is 2.10. The first-order valence-electron chi connectivity index (χ1n) is 5.94. The Morgan fingerprint density at radius 1 is 1.21 bits per heavy atom. The van der Waals surface area contributed by atoms with Gasteiger partial charge in [0, 0.05) is 11.6 Å². The zero-order chi connectivity index (χ0) is 13.4. The van der Waals surface area contributed by atoms with E-state index in [0.717, 1.165) is 27.9 Å². The summed E-state index contributed by atoms with van der Waals surface area (Å²) in [4.78, 5) is 18.4. The van der Waals surface area contributed by atoms with Crippen LogP contribution in [0.5, 0.6) is 0 Å². The lowest BCUT2D eigenvalue weighted by Crippen LogP contribution is -1.95. The first-order valence-corrected chi connectivity index (χ1v) is 5.94. The molecule has 0 aliphatic carbocycles. The van der Waals surface area contributed by atoms with Gasteiger partial charge in [0.25, 0.3) is 0 Å². The molecule has 0 saturated carbocycles. The van der Waals surface area contributed by atoms with Crippen molar-refractivity contribution >= 4 is 17.0 Å². The molecule has 0 amide bonds. The fourth-order valence-electron chi connectivity index (χ4n) is 2.22. The second-order valence-electron chi connectivity index (χ2n) is 4.41. The van der Waals surface area contributed by atoms with Gasteiger partial charge in [-0.15, -0.1) is 0 Å². The van der Waals surface area contributed by atoms with Crippen molar-refractivity contribution in [1.29, 1.82) is 0 Å². The summed E-state index contributed by atoms with van der Waals surface area (Å²) < 4.78 is 0. The number of hydrogen-bond donors (Lipinski definition) is 2. The molecule has 94 valence electrons. The molecule has 19 heavy (non-hydrogen) atoms. The van der Waals surface area contributed by atoms with E-state index >= 15 is 0 Å². The highest BCUT2D eigenvalue weighted by Crippen LogP contribution is 2.28. The SMILES string of the molecule is Cc1c(-c2ccc(C(=O)O)cc2)[nH]c2ncccc12. The van der Waals surface area contributed by atoms with Crippen LogP contribution in [0.25, 0.3) is 22.3 Å². The third kappa shape index (κ3) is 1.87. The minimum Gasteiger partial charge on any atom is -0.478 e. The number of aromatic nitrogens is 2. The van der Waals surface area contributed by atoms with Crippen LogP contribution in [-0.4, -0.2) is 21.0 Å². The smallest absolute Gasteiger partial charge is 0.335 e. The first kappa shape index (κ1) is 11.5. The second-order valence-corrected chi connectivity index (χ2v) is 4.41. The molecular formula is C15H12N2O2. The number of carbonyl (C=O) groups is 1. The molecule has 0 aliphatic heterocycles. The molecule has 1 aromatic carbocycles. The van der Waals surface area contributed by atoms with E-state index in [-0.39, 0.29) is 5.56 Å². The predicted molar refractivity (Wildman–Crippen MR) is 73.2 cm³/mol. The number of nitrogens with zero attached hydrogens (tertiary/aromatic N) is 1. The van der Waals surface area contributed by atoms with Gasteiger partial charge in [-0.05, 0) is 42.3 Å². The Balaban J connectivity index is 2.13. The lowest BCUT2D eigenvalue weighted by atomic mass is 10.1. The highest BCUT2D eigenvalue weighted by molar-refractivity contribution is 5.90. The third-order valence-corrected chi connectivity index (χ3v) is 3.25. The summed E-state index contributed by atoms with van der Waals surface area (Å²) in [7, 11) is 0. The van der Waals surface area contributed by atoms with E-state index in [9.17, 15) is 4.79 Å². The summed E-state index contributed by atoms with van der Waals surface area (Å²) in [6.07, 6.45) is 1.75. The van der Waals surface area contributed by atoms with E-state index in [1.807, 2.05) is 19.1 Å². The van der Waals surface area contributed by atoms with Crippen LogP contribution in [0.4, 0.5) is 0 Å². The van der Waals surface area contributed by atoms with Crippen molar-refractivity contribution in [2.75, 3.05) is 0 Å². The Kier molecular flexibility index (Phi) is 2.56. The Hall–Kier alpha value is -2.62. The quantitative estimate of drug-likeness (QED) is 0.735. The van der Waals surface area contributed by atoms with Gasteiger partial charge in [0.2, 0.25) is 0 Å². The fraction of sp³-hybridized carbons (Fsp3) is 0.0667. The number of hydrogen-bond acceptors (Lipinski definition) is 2. The van der Waals surface area contributed by atoms with Gasteiger partial charge in [-0.1, -0.05) is 12.1 Å². The lowest BCUT2D eigenvalue weighted by molar-refractivity contribution is 0.0697. The van der Waals surface area contributed by atoms with E-state index in [1.54, 1.807) is 30.5 Å². The number of fused-ring (bicyclic) bond motifs is 1. The number of rotatable bonds is 2. The number of carboxylic acid groups (broad SMARTS) is 1. The average molecular weight is 252 g/mol. The molecule has 0 atom stereocenters. The standard InChI is InChI=1S/C15H12N2O2/c1-9-12-3-2-8-16-14(12)17-13(9)10-4-6-11(7-5-10)15(18)19/h2-8H,1H3,(H,16,17)(H,18,19). The number of H-pyrrole nitrogens is 1. The molecule has 0 bridgehead atoms. The van der Waals surface area contributed by atoms with Gasteiger partial charge < -0.3 is 10.1 Å². The molecule has 0 fully saturated rings. The van der Waals surface area contributed by atoms with Crippen molar-refractivity contribution in [3.05, 3.63) is 53.7 Å². The zero-order valence-electron chi connectivity index (χ0n) is 10.3. The van der Waals surface area contributed by atoms with Crippen molar-refractivity contribution in [2.24, 2.45) is 0 Å². The van der Waals surface area contributed by atoms with E-state index in [0.29, 0.717) is 0 Å². The highest BCUT2D eigenvalue weighted by atomic mass is 16.4. The molecule has 0 aliphatic rings. The molecule has 3 rings (SSSR count). The molecule has 0 radical (unpaired) electrons. The van der Waals surface area contributed by atoms with Crippen molar-refractivity contribution in [1.82, 2.24) is 9.97 Å². The van der Waals surface area contributed by atoms with Gasteiger partial charge in [-0.3, -0.25) is 0 Å². The van der Waals surface area contributed by atoms with Gasteiger partial charge in [-0.25, -0.2) is 9.78 Å². The number of carboxylic acids is 1. The maximum Gasteiger partial charge on any atom is 0.335 e. The molecular weight excluding hydrogens is 240 g/mol. The molecule has 2 N–H and O–H groups in total. The van der Waals surface area contributed by atoms with E-state index < -0.39 is 5.97 Å². The zero-order valence-corrected chi connectivity index (χ0v) is 10.3. The summed E-state index contributed by atoms with van der Waals surface area (Å²) in [5, 5.41) is 9.98. The van der Waals surface area contributed by atoms with Gasteiger partial charge in [0.1, 0.15) is 5.65 Å². The third-order valence-electron chi connectivity index (χ3n) is 3.25. The monoisotopic (exact) mass is 252 g/mol. The number of nitrogens with one attached hydrogen (secondary N) is 1. The van der Waals surface area contributed by atoms with Crippen LogP contribution in [-0.2, 0) is 0 Å². The minimum absolute atomic E-state index is 0.288. The van der Waals surface area contributed by atoms with Crippen molar-refractivity contribution in [3.8, 4) is 11.3 Å². The summed E-state index contributed by atoms with van der Waals surface area (Å²) in [5.74, 6) is -0.915. The first-order chi connectivity index (χ1) is 9.16. The number of pyridine rings is 1. The summed E-state index contributed by atoms with van der Waals surface area (Å²) in [6.45, 7) is 2.03. The van der Waals surface area contributed by atoms with Crippen LogP contribution in [0.1, 0.15) is 15.9 Å². The number of benzene rings is 1. The molecule has 0 saturated heterocycles. The largest absolute Gasteiger partial charge is 0.478 e. The number of aromatic amines is 1. The Morgan fingerprint density at radius 2 is 1.95 bits per heavy atom. The van der Waals surface area contributed by atoms with Gasteiger partial charge in [0.05, 0.1) is 11.3 Å². The molecule has 3 aromatic rings. The van der Waals surface area contributed by atoms with Crippen LogP contribution >= 0.6 is 0 Å². The molecule has 2 aromatic heterocycles. The Labute approximate surface area is 109 Å². The second kappa shape index (κ2) is 4.24. The van der Waals surface area contributed by atoms with Crippen molar-refractivity contribution in [3.63, 3.8) is 0 Å². The van der Waals surface area contributed by atoms with Crippen LogP contribution in [0, 0.1) is 6.92 Å². The van der Waals surface area contributed by atoms with Gasteiger partial charge >= 0.3 is 5.97 Å². The van der Waals surface area contributed by atoms with Gasteiger partial charge in [0.15, 0.2) is 0 Å². The van der Waals surface area contributed by atoms with E-state index in [4.69, 9.17) is 5.11 Å². The maximum atomic E-state index is 10.8. The molecule has 0 unspecified atom stereocenters. The Bertz CT molecular complexity index is 757.